The molecule has 3 aromatic rings. The zero-order valence-corrected chi connectivity index (χ0v) is 22.7. The molecule has 12 heteroatoms. The lowest BCUT2D eigenvalue weighted by atomic mass is 10.00. The summed E-state index contributed by atoms with van der Waals surface area (Å²) in [7, 11) is 4.45. The molecule has 4 rings (SSSR count). The van der Waals surface area contributed by atoms with Crippen molar-refractivity contribution in [2.24, 2.45) is 5.73 Å². The Morgan fingerprint density at radius 2 is 1.72 bits per heavy atom. The summed E-state index contributed by atoms with van der Waals surface area (Å²) < 4.78 is 20.7. The minimum Gasteiger partial charge on any atom is -0.497 e. The number of nitrogen functional groups attached to an aromatic ring is 1. The Kier molecular flexibility index (Phi) is 8.55. The number of primary amides is 1. The number of benzene rings is 2. The minimum atomic E-state index is -1.24. The normalized spacial score (nSPS) is 13.9. The third-order valence-electron chi connectivity index (χ3n) is 6.66. The number of para-hydroxylation sites is 2. The zero-order valence-electron chi connectivity index (χ0n) is 21.9. The molecule has 1 fully saturated rings. The minimum absolute atomic E-state index is 0.0406. The Labute approximate surface area is 230 Å². The molecule has 2 aromatic carbocycles. The third kappa shape index (κ3) is 5.60. The van der Waals surface area contributed by atoms with Gasteiger partial charge < -0.3 is 31.0 Å². The molecule has 0 radical (unpaired) electrons. The number of rotatable bonds is 10. The highest BCUT2D eigenvalue weighted by molar-refractivity contribution is 7.09. The van der Waals surface area contributed by atoms with Gasteiger partial charge in [0.1, 0.15) is 28.2 Å². The molecule has 1 aromatic heterocycles. The smallest absolute Gasteiger partial charge is 0.273 e. The largest absolute Gasteiger partial charge is 0.497 e. The van der Waals surface area contributed by atoms with Gasteiger partial charge in [-0.1, -0.05) is 25.0 Å². The summed E-state index contributed by atoms with van der Waals surface area (Å²) >= 11 is 0.728. The summed E-state index contributed by atoms with van der Waals surface area (Å²) in [6.45, 7) is 0. The van der Waals surface area contributed by atoms with E-state index < -0.39 is 23.8 Å². The second kappa shape index (κ2) is 12.0. The summed E-state index contributed by atoms with van der Waals surface area (Å²) in [5, 5.41) is 3.11. The van der Waals surface area contributed by atoms with Crippen LogP contribution in [0.25, 0.3) is 0 Å². The van der Waals surface area contributed by atoms with Crippen LogP contribution < -0.4 is 35.9 Å². The third-order valence-corrected chi connectivity index (χ3v) is 7.51. The van der Waals surface area contributed by atoms with Crippen molar-refractivity contribution >= 4 is 40.6 Å². The van der Waals surface area contributed by atoms with E-state index in [1.165, 1.54) is 26.2 Å². The maximum absolute atomic E-state index is 14.3. The van der Waals surface area contributed by atoms with Gasteiger partial charge in [-0.25, -0.2) is 0 Å². The molecule has 0 bridgehead atoms. The topological polar surface area (TPSA) is 159 Å². The SMILES string of the molecule is COc1ccc(OC)c(C(C(=O)NC2CCCC2)N(C(=O)c2snc(C(N)=O)c2N)c2ccccc2OC)c1. The van der Waals surface area contributed by atoms with Crippen molar-refractivity contribution < 1.29 is 28.6 Å². The number of nitrogens with two attached hydrogens (primary N) is 2. The van der Waals surface area contributed by atoms with Crippen LogP contribution in [0.2, 0.25) is 0 Å². The van der Waals surface area contributed by atoms with Gasteiger partial charge in [0.25, 0.3) is 11.8 Å². The van der Waals surface area contributed by atoms with Crippen molar-refractivity contribution in [2.75, 3.05) is 32.0 Å². The fourth-order valence-corrected chi connectivity index (χ4v) is 5.48. The molecule has 0 aliphatic heterocycles. The van der Waals surface area contributed by atoms with Crippen LogP contribution in [0.15, 0.2) is 42.5 Å². The molecule has 1 saturated carbocycles. The van der Waals surface area contributed by atoms with Crippen LogP contribution >= 0.6 is 11.5 Å². The van der Waals surface area contributed by atoms with E-state index >= 15 is 0 Å². The number of anilines is 2. The van der Waals surface area contributed by atoms with Crippen molar-refractivity contribution in [3.63, 3.8) is 0 Å². The van der Waals surface area contributed by atoms with E-state index in [1.807, 2.05) is 0 Å². The van der Waals surface area contributed by atoms with Crippen LogP contribution in [-0.2, 0) is 4.79 Å². The molecule has 5 N–H and O–H groups in total. The maximum atomic E-state index is 14.3. The van der Waals surface area contributed by atoms with Gasteiger partial charge in [0.2, 0.25) is 5.91 Å². The van der Waals surface area contributed by atoms with E-state index in [0.717, 1.165) is 37.2 Å². The Bertz CT molecular complexity index is 1370. The Morgan fingerprint density at radius 1 is 1.03 bits per heavy atom. The molecule has 206 valence electrons. The summed E-state index contributed by atoms with van der Waals surface area (Å²) in [4.78, 5) is 41.6. The van der Waals surface area contributed by atoms with Gasteiger partial charge in [0, 0.05) is 11.6 Å². The van der Waals surface area contributed by atoms with E-state index in [-0.39, 0.29) is 22.3 Å². The van der Waals surface area contributed by atoms with Crippen LogP contribution in [0.3, 0.4) is 0 Å². The number of hydrogen-bond donors (Lipinski definition) is 3. The first-order valence-corrected chi connectivity index (χ1v) is 13.1. The van der Waals surface area contributed by atoms with Crippen LogP contribution in [0, 0.1) is 0 Å². The van der Waals surface area contributed by atoms with Gasteiger partial charge in [0.05, 0.1) is 32.7 Å². The van der Waals surface area contributed by atoms with Gasteiger partial charge in [-0.3, -0.25) is 19.3 Å². The lowest BCUT2D eigenvalue weighted by molar-refractivity contribution is -0.123. The molecular weight excluding hydrogens is 522 g/mol. The molecule has 1 aliphatic rings. The van der Waals surface area contributed by atoms with Crippen LogP contribution in [0.5, 0.6) is 17.2 Å². The zero-order chi connectivity index (χ0) is 28.1. The number of amides is 3. The maximum Gasteiger partial charge on any atom is 0.273 e. The number of ether oxygens (including phenoxy) is 3. The van der Waals surface area contributed by atoms with Crippen LogP contribution in [0.1, 0.15) is 57.4 Å². The van der Waals surface area contributed by atoms with Gasteiger partial charge in [-0.15, -0.1) is 0 Å². The Morgan fingerprint density at radius 3 is 2.33 bits per heavy atom. The first kappa shape index (κ1) is 27.7. The number of methoxy groups -OCH3 is 3. The summed E-state index contributed by atoms with van der Waals surface area (Å²) in [6, 6.07) is 10.5. The average molecular weight is 554 g/mol. The van der Waals surface area contributed by atoms with E-state index in [1.54, 1.807) is 42.5 Å². The molecule has 39 heavy (non-hydrogen) atoms. The predicted octanol–water partition coefficient (Wildman–Crippen LogP) is 3.30. The van der Waals surface area contributed by atoms with Gasteiger partial charge in [-0.2, -0.15) is 4.37 Å². The van der Waals surface area contributed by atoms with E-state index in [4.69, 9.17) is 25.7 Å². The molecule has 3 amide bonds. The highest BCUT2D eigenvalue weighted by atomic mass is 32.1. The number of carbonyl (C=O) groups is 3. The Balaban J connectivity index is 1.96. The number of nitrogens with one attached hydrogen (secondary N) is 1. The van der Waals surface area contributed by atoms with Crippen molar-refractivity contribution in [2.45, 2.75) is 37.8 Å². The second-order valence-electron chi connectivity index (χ2n) is 8.99. The number of carbonyl (C=O) groups excluding carboxylic acids is 3. The van der Waals surface area contributed by atoms with Crippen LogP contribution in [0.4, 0.5) is 11.4 Å². The number of aromatic nitrogens is 1. The van der Waals surface area contributed by atoms with E-state index in [2.05, 4.69) is 9.69 Å². The standard InChI is InChI=1S/C27H31N5O6S/c1-36-16-12-13-19(37-2)17(14-16)23(26(34)30-15-8-4-5-9-15)32(18-10-6-7-11-20(18)38-3)27(35)24-21(28)22(25(29)33)31-39-24/h6-7,10-15,23H,4-5,8-9,28H2,1-3H3,(H2,29,33)(H,30,34). The van der Waals surface area contributed by atoms with Gasteiger partial charge in [0.15, 0.2) is 5.69 Å². The van der Waals surface area contributed by atoms with E-state index in [9.17, 15) is 14.4 Å². The molecule has 1 aliphatic carbocycles. The lowest BCUT2D eigenvalue weighted by Gasteiger charge is -2.33. The number of hydrogen-bond acceptors (Lipinski definition) is 9. The highest BCUT2D eigenvalue weighted by Crippen LogP contribution is 2.41. The lowest BCUT2D eigenvalue weighted by Crippen LogP contribution is -2.46. The van der Waals surface area contributed by atoms with Gasteiger partial charge >= 0.3 is 0 Å². The monoisotopic (exact) mass is 553 g/mol. The molecule has 11 nitrogen and oxygen atoms in total. The highest BCUT2D eigenvalue weighted by Gasteiger charge is 2.39. The molecule has 1 atom stereocenters. The summed E-state index contributed by atoms with van der Waals surface area (Å²) in [5.41, 5.74) is 11.9. The molecule has 0 saturated heterocycles. The van der Waals surface area contributed by atoms with E-state index in [0.29, 0.717) is 28.5 Å². The first-order chi connectivity index (χ1) is 18.8. The fraction of sp³-hybridized carbons (Fsp3) is 0.333. The molecule has 0 spiro atoms. The van der Waals surface area contributed by atoms with Crippen molar-refractivity contribution in [3.8, 4) is 17.2 Å². The summed E-state index contributed by atoms with van der Waals surface area (Å²) in [6.07, 6.45) is 3.67. The Hall–Kier alpha value is -4.32. The second-order valence-corrected chi connectivity index (χ2v) is 9.76. The van der Waals surface area contributed by atoms with Crippen LogP contribution in [-0.4, -0.2) is 49.5 Å². The molecule has 1 heterocycles. The van der Waals surface area contributed by atoms with Crippen molar-refractivity contribution in [1.82, 2.24) is 9.69 Å². The quantitative estimate of drug-likeness (QED) is 0.345. The van der Waals surface area contributed by atoms with Crippen molar-refractivity contribution in [1.29, 1.82) is 0 Å². The summed E-state index contributed by atoms with van der Waals surface area (Å²) in [5.74, 6) is -0.791. The predicted molar refractivity (Wildman–Crippen MR) is 148 cm³/mol. The van der Waals surface area contributed by atoms with Crippen molar-refractivity contribution in [3.05, 3.63) is 58.6 Å². The first-order valence-electron chi connectivity index (χ1n) is 12.3. The number of nitrogens with zero attached hydrogens (tertiary/aromatic N) is 2. The fourth-order valence-electron chi connectivity index (χ4n) is 4.73. The average Bonchev–Trinajstić information content (AvgIpc) is 3.60. The molecular formula is C27H31N5O6S. The van der Waals surface area contributed by atoms with Gasteiger partial charge in [-0.05, 0) is 54.7 Å². The molecule has 1 unspecified atom stereocenters.